The topological polar surface area (TPSA) is 21.3 Å². The van der Waals surface area contributed by atoms with E-state index < -0.39 is 0 Å². The number of para-hydroxylation sites is 1. The summed E-state index contributed by atoms with van der Waals surface area (Å²) in [6, 6.07) is 8.31. The van der Waals surface area contributed by atoms with E-state index in [1.54, 1.807) is 0 Å². The Morgan fingerprint density at radius 2 is 1.89 bits per heavy atom. The first-order chi connectivity index (χ1) is 8.63. The van der Waals surface area contributed by atoms with Crippen LogP contribution in [0.3, 0.4) is 0 Å². The van der Waals surface area contributed by atoms with Crippen LogP contribution in [0.4, 0.5) is 0 Å². The Morgan fingerprint density at radius 1 is 1.17 bits per heavy atom. The molecule has 0 radical (unpaired) electrons. The van der Waals surface area contributed by atoms with Crippen molar-refractivity contribution in [2.45, 2.75) is 40.7 Å². The molecule has 0 spiro atoms. The summed E-state index contributed by atoms with van der Waals surface area (Å²) in [5, 5.41) is 3.46. The summed E-state index contributed by atoms with van der Waals surface area (Å²) in [5.41, 5.74) is 1.25. The first-order valence-corrected chi connectivity index (χ1v) is 7.04. The van der Waals surface area contributed by atoms with E-state index in [0.29, 0.717) is 11.8 Å². The number of benzene rings is 1. The molecule has 18 heavy (non-hydrogen) atoms. The van der Waals surface area contributed by atoms with Crippen LogP contribution in [-0.2, 0) is 6.54 Å². The molecule has 0 aliphatic heterocycles. The van der Waals surface area contributed by atoms with Crippen molar-refractivity contribution >= 4 is 0 Å². The van der Waals surface area contributed by atoms with Crippen molar-refractivity contribution in [2.24, 2.45) is 11.8 Å². The monoisotopic (exact) mass is 249 g/mol. The van der Waals surface area contributed by atoms with Gasteiger partial charge in [-0.25, -0.2) is 0 Å². The van der Waals surface area contributed by atoms with E-state index in [1.165, 1.54) is 5.56 Å². The fourth-order valence-electron chi connectivity index (χ4n) is 1.64. The van der Waals surface area contributed by atoms with E-state index >= 15 is 0 Å². The van der Waals surface area contributed by atoms with Gasteiger partial charge in [-0.15, -0.1) is 0 Å². The van der Waals surface area contributed by atoms with Crippen LogP contribution in [0.2, 0.25) is 0 Å². The van der Waals surface area contributed by atoms with Crippen LogP contribution >= 0.6 is 0 Å². The van der Waals surface area contributed by atoms with Crippen molar-refractivity contribution in [3.05, 3.63) is 29.8 Å². The summed E-state index contributed by atoms with van der Waals surface area (Å²) >= 11 is 0. The third-order valence-electron chi connectivity index (χ3n) is 3.06. The minimum Gasteiger partial charge on any atom is -0.493 e. The maximum atomic E-state index is 5.91. The second kappa shape index (κ2) is 8.15. The number of hydrogen-bond acceptors (Lipinski definition) is 2. The van der Waals surface area contributed by atoms with Crippen LogP contribution in [0.1, 0.15) is 39.7 Å². The molecule has 1 aromatic rings. The third-order valence-corrected chi connectivity index (χ3v) is 3.06. The van der Waals surface area contributed by atoms with Gasteiger partial charge in [0.15, 0.2) is 0 Å². The van der Waals surface area contributed by atoms with Crippen LogP contribution in [0.15, 0.2) is 24.3 Å². The second-order valence-electron chi connectivity index (χ2n) is 5.46. The molecule has 0 heterocycles. The highest BCUT2D eigenvalue weighted by atomic mass is 16.5. The van der Waals surface area contributed by atoms with E-state index in [2.05, 4.69) is 51.2 Å². The Morgan fingerprint density at radius 3 is 2.56 bits per heavy atom. The van der Waals surface area contributed by atoms with Crippen LogP contribution in [0.5, 0.6) is 5.75 Å². The van der Waals surface area contributed by atoms with Crippen molar-refractivity contribution < 1.29 is 4.74 Å². The van der Waals surface area contributed by atoms with Gasteiger partial charge in [-0.1, -0.05) is 52.3 Å². The first kappa shape index (κ1) is 15.0. The lowest BCUT2D eigenvalue weighted by Crippen LogP contribution is -2.19. The van der Waals surface area contributed by atoms with Crippen LogP contribution in [0, 0.1) is 11.8 Å². The molecule has 0 fully saturated rings. The zero-order valence-electron chi connectivity index (χ0n) is 12.2. The van der Waals surface area contributed by atoms with Crippen molar-refractivity contribution in [1.29, 1.82) is 0 Å². The first-order valence-electron chi connectivity index (χ1n) is 7.04. The molecule has 102 valence electrons. The Kier molecular flexibility index (Phi) is 6.81. The van der Waals surface area contributed by atoms with Crippen molar-refractivity contribution in [1.82, 2.24) is 5.32 Å². The fourth-order valence-corrected chi connectivity index (χ4v) is 1.64. The molecular formula is C16H27NO. The quantitative estimate of drug-likeness (QED) is 0.755. The Balaban J connectivity index is 2.50. The van der Waals surface area contributed by atoms with Crippen molar-refractivity contribution in [3.8, 4) is 5.75 Å². The largest absolute Gasteiger partial charge is 0.493 e. The third kappa shape index (κ3) is 5.54. The van der Waals surface area contributed by atoms with Crippen LogP contribution in [0.25, 0.3) is 0 Å². The van der Waals surface area contributed by atoms with E-state index in [-0.39, 0.29) is 0 Å². The molecule has 1 N–H and O–H groups in total. The number of rotatable bonds is 8. The number of hydrogen-bond donors (Lipinski definition) is 1. The van der Waals surface area contributed by atoms with E-state index in [4.69, 9.17) is 4.74 Å². The Bertz CT molecular complexity index is 336. The van der Waals surface area contributed by atoms with Crippen LogP contribution in [-0.4, -0.2) is 13.2 Å². The zero-order valence-corrected chi connectivity index (χ0v) is 12.2. The molecule has 0 saturated heterocycles. The molecule has 1 rings (SSSR count). The molecular weight excluding hydrogens is 222 g/mol. The number of nitrogens with one attached hydrogen (secondary N) is 1. The summed E-state index contributed by atoms with van der Waals surface area (Å²) < 4.78 is 5.91. The summed E-state index contributed by atoms with van der Waals surface area (Å²) in [6.45, 7) is 11.6. The maximum Gasteiger partial charge on any atom is 0.123 e. The van der Waals surface area contributed by atoms with Gasteiger partial charge in [-0.05, 0) is 24.4 Å². The van der Waals surface area contributed by atoms with Gasteiger partial charge >= 0.3 is 0 Å². The Labute approximate surface area is 112 Å². The molecule has 0 aromatic heterocycles. The van der Waals surface area contributed by atoms with Gasteiger partial charge in [0.2, 0.25) is 0 Å². The standard InChI is InChI=1S/C16H27NO/c1-5-14(4)12-18-16-9-7-6-8-15(16)11-17-10-13(2)3/h6-9,13-14,17H,5,10-12H2,1-4H3. The second-order valence-corrected chi connectivity index (χ2v) is 5.46. The summed E-state index contributed by atoms with van der Waals surface area (Å²) in [5.74, 6) is 2.31. The van der Waals surface area contributed by atoms with Gasteiger partial charge in [0.25, 0.3) is 0 Å². The number of ether oxygens (including phenoxy) is 1. The highest BCUT2D eigenvalue weighted by Gasteiger charge is 2.05. The minimum atomic E-state index is 0.613. The van der Waals surface area contributed by atoms with Gasteiger partial charge in [0, 0.05) is 12.1 Å². The fraction of sp³-hybridized carbons (Fsp3) is 0.625. The highest BCUT2D eigenvalue weighted by Crippen LogP contribution is 2.19. The molecule has 0 aliphatic carbocycles. The molecule has 1 atom stereocenters. The highest BCUT2D eigenvalue weighted by molar-refractivity contribution is 5.33. The van der Waals surface area contributed by atoms with E-state index in [1.807, 2.05) is 6.07 Å². The summed E-state index contributed by atoms with van der Waals surface area (Å²) in [6.07, 6.45) is 1.16. The van der Waals surface area contributed by atoms with Gasteiger partial charge < -0.3 is 10.1 Å². The lowest BCUT2D eigenvalue weighted by atomic mass is 10.1. The van der Waals surface area contributed by atoms with Gasteiger partial charge in [-0.3, -0.25) is 0 Å². The predicted molar refractivity (Wildman–Crippen MR) is 77.9 cm³/mol. The summed E-state index contributed by atoms with van der Waals surface area (Å²) in [4.78, 5) is 0. The average Bonchev–Trinajstić information content (AvgIpc) is 2.36. The van der Waals surface area contributed by atoms with E-state index in [0.717, 1.165) is 31.9 Å². The lowest BCUT2D eigenvalue weighted by Gasteiger charge is -2.15. The molecule has 2 nitrogen and oxygen atoms in total. The molecule has 0 aliphatic rings. The smallest absolute Gasteiger partial charge is 0.123 e. The van der Waals surface area contributed by atoms with Gasteiger partial charge in [0.05, 0.1) is 6.61 Å². The van der Waals surface area contributed by atoms with E-state index in [9.17, 15) is 0 Å². The van der Waals surface area contributed by atoms with Gasteiger partial charge in [-0.2, -0.15) is 0 Å². The Hall–Kier alpha value is -1.02. The molecule has 2 heteroatoms. The maximum absolute atomic E-state index is 5.91. The van der Waals surface area contributed by atoms with Gasteiger partial charge in [0.1, 0.15) is 5.75 Å². The molecule has 1 aromatic carbocycles. The average molecular weight is 249 g/mol. The lowest BCUT2D eigenvalue weighted by molar-refractivity contribution is 0.254. The van der Waals surface area contributed by atoms with Crippen molar-refractivity contribution in [3.63, 3.8) is 0 Å². The molecule has 0 amide bonds. The molecule has 0 bridgehead atoms. The molecule has 0 saturated carbocycles. The SMILES string of the molecule is CCC(C)COc1ccccc1CNCC(C)C. The van der Waals surface area contributed by atoms with Crippen molar-refractivity contribution in [2.75, 3.05) is 13.2 Å². The zero-order chi connectivity index (χ0) is 13.4. The normalized spacial score (nSPS) is 12.7. The minimum absolute atomic E-state index is 0.613. The van der Waals surface area contributed by atoms with Crippen LogP contribution < -0.4 is 10.1 Å². The molecule has 1 unspecified atom stereocenters. The summed E-state index contributed by atoms with van der Waals surface area (Å²) in [7, 11) is 0. The predicted octanol–water partition coefficient (Wildman–Crippen LogP) is 3.86.